The molecule has 0 saturated heterocycles. The lowest BCUT2D eigenvalue weighted by Crippen LogP contribution is -2.57. The number of aliphatic hydroxyl groups is 1. The summed E-state index contributed by atoms with van der Waals surface area (Å²) in [5, 5.41) is 34.0. The number of thioether (sulfide) groups is 1. The molecule has 0 radical (unpaired) electrons. The van der Waals surface area contributed by atoms with E-state index in [2.05, 4.69) is 16.0 Å². The molecule has 4 atom stereocenters. The zero-order valence-corrected chi connectivity index (χ0v) is 16.3. The Morgan fingerprint density at radius 3 is 2.14 bits per heavy atom. The summed E-state index contributed by atoms with van der Waals surface area (Å²) in [6.45, 7) is 0.612. The maximum absolute atomic E-state index is 12.2. The van der Waals surface area contributed by atoms with E-state index in [9.17, 15) is 29.1 Å². The lowest BCUT2D eigenvalue weighted by Gasteiger charge is -2.23. The third-order valence-corrected chi connectivity index (χ3v) is 4.11. The Morgan fingerprint density at radius 1 is 1.07 bits per heavy atom. The van der Waals surface area contributed by atoms with Gasteiger partial charge >= 0.3 is 11.9 Å². The van der Waals surface area contributed by atoms with E-state index in [1.54, 1.807) is 6.26 Å². The summed E-state index contributed by atoms with van der Waals surface area (Å²) in [6, 6.07) is -3.99. The number of rotatable bonds is 13. The SMILES string of the molecule is CSCCC(NC(=O)C(NC(=O)CNC(=O)C(N)CC(=O)O)C(C)O)C(=O)O. The highest BCUT2D eigenvalue weighted by Gasteiger charge is 2.29. The van der Waals surface area contributed by atoms with Crippen LogP contribution in [0.5, 0.6) is 0 Å². The van der Waals surface area contributed by atoms with Crippen LogP contribution < -0.4 is 21.7 Å². The first-order chi connectivity index (χ1) is 13.0. The summed E-state index contributed by atoms with van der Waals surface area (Å²) in [5.74, 6) is -4.69. The first-order valence-electron chi connectivity index (χ1n) is 8.24. The van der Waals surface area contributed by atoms with Gasteiger partial charge in [-0.2, -0.15) is 11.8 Å². The van der Waals surface area contributed by atoms with E-state index >= 15 is 0 Å². The molecule has 0 fully saturated rings. The normalized spacial score (nSPS) is 14.9. The number of nitrogens with one attached hydrogen (secondary N) is 3. The van der Waals surface area contributed by atoms with Crippen molar-refractivity contribution >= 4 is 41.4 Å². The standard InChI is InChI=1S/C15H26N4O8S/c1-7(20)12(14(25)18-9(15(26)27)3-4-28-2)19-10(21)6-17-13(24)8(16)5-11(22)23/h7-9,12,20H,3-6,16H2,1-2H3,(H,17,24)(H,18,25)(H,19,21)(H,22,23)(H,26,27). The van der Waals surface area contributed by atoms with E-state index in [1.807, 2.05) is 0 Å². The van der Waals surface area contributed by atoms with Crippen molar-refractivity contribution in [3.8, 4) is 0 Å². The molecule has 0 aliphatic heterocycles. The molecule has 28 heavy (non-hydrogen) atoms. The predicted octanol–water partition coefficient (Wildman–Crippen LogP) is -2.91. The van der Waals surface area contributed by atoms with Crippen LogP contribution in [-0.2, 0) is 24.0 Å². The number of amides is 3. The molecule has 0 aromatic rings. The van der Waals surface area contributed by atoms with E-state index in [0.29, 0.717) is 5.75 Å². The first-order valence-corrected chi connectivity index (χ1v) is 9.63. The molecule has 12 nitrogen and oxygen atoms in total. The molecule has 8 N–H and O–H groups in total. The molecule has 13 heteroatoms. The number of aliphatic carboxylic acids is 2. The number of hydrogen-bond donors (Lipinski definition) is 7. The Morgan fingerprint density at radius 2 is 1.68 bits per heavy atom. The molecular weight excluding hydrogens is 396 g/mol. The maximum atomic E-state index is 12.2. The molecule has 0 aromatic carbocycles. The molecule has 0 heterocycles. The number of carboxylic acid groups (broad SMARTS) is 2. The number of nitrogens with two attached hydrogens (primary N) is 1. The molecule has 160 valence electrons. The summed E-state index contributed by atoms with van der Waals surface area (Å²) in [6.07, 6.45) is -0.0428. The monoisotopic (exact) mass is 422 g/mol. The van der Waals surface area contributed by atoms with E-state index in [-0.39, 0.29) is 6.42 Å². The van der Waals surface area contributed by atoms with Gasteiger partial charge in [0, 0.05) is 0 Å². The highest BCUT2D eigenvalue weighted by molar-refractivity contribution is 7.98. The van der Waals surface area contributed by atoms with Gasteiger partial charge < -0.3 is 37.0 Å². The molecule has 0 bridgehead atoms. The number of carbonyl (C=O) groups excluding carboxylic acids is 3. The van der Waals surface area contributed by atoms with Gasteiger partial charge in [-0.1, -0.05) is 0 Å². The maximum Gasteiger partial charge on any atom is 0.326 e. The molecule has 0 aliphatic carbocycles. The van der Waals surface area contributed by atoms with Crippen molar-refractivity contribution in [2.24, 2.45) is 5.73 Å². The van der Waals surface area contributed by atoms with Crippen LogP contribution in [0.25, 0.3) is 0 Å². The molecule has 0 spiro atoms. The van der Waals surface area contributed by atoms with E-state index < -0.39 is 66.9 Å². The minimum absolute atomic E-state index is 0.153. The lowest BCUT2D eigenvalue weighted by atomic mass is 10.1. The summed E-state index contributed by atoms with van der Waals surface area (Å²) >= 11 is 1.39. The largest absolute Gasteiger partial charge is 0.481 e. The van der Waals surface area contributed by atoms with E-state index in [0.717, 1.165) is 0 Å². The van der Waals surface area contributed by atoms with Crippen molar-refractivity contribution in [1.82, 2.24) is 16.0 Å². The second-order valence-electron chi connectivity index (χ2n) is 5.89. The van der Waals surface area contributed by atoms with Crippen LogP contribution in [0.15, 0.2) is 0 Å². The van der Waals surface area contributed by atoms with Crippen LogP contribution in [0.4, 0.5) is 0 Å². The Labute approximate surface area is 165 Å². The summed E-state index contributed by atoms with van der Waals surface area (Å²) in [5.41, 5.74) is 5.34. The van der Waals surface area contributed by atoms with Crippen LogP contribution in [0.1, 0.15) is 19.8 Å². The van der Waals surface area contributed by atoms with Crippen LogP contribution in [-0.4, -0.2) is 87.8 Å². The number of aliphatic hydroxyl groups excluding tert-OH is 1. The van der Waals surface area contributed by atoms with Gasteiger partial charge in [-0.3, -0.25) is 19.2 Å². The number of carbonyl (C=O) groups is 5. The molecule has 0 aromatic heterocycles. The highest BCUT2D eigenvalue weighted by Crippen LogP contribution is 2.03. The summed E-state index contributed by atoms with van der Waals surface area (Å²) in [4.78, 5) is 57.4. The van der Waals surface area contributed by atoms with Crippen molar-refractivity contribution in [3.05, 3.63) is 0 Å². The van der Waals surface area contributed by atoms with Crippen molar-refractivity contribution in [2.45, 2.75) is 44.0 Å². The van der Waals surface area contributed by atoms with Gasteiger partial charge in [-0.05, 0) is 25.4 Å². The summed E-state index contributed by atoms with van der Waals surface area (Å²) in [7, 11) is 0. The number of hydrogen-bond acceptors (Lipinski definition) is 8. The van der Waals surface area contributed by atoms with Gasteiger partial charge in [0.1, 0.15) is 12.1 Å². The van der Waals surface area contributed by atoms with Crippen LogP contribution in [0.2, 0.25) is 0 Å². The van der Waals surface area contributed by atoms with Crippen molar-refractivity contribution < 1.29 is 39.3 Å². The quantitative estimate of drug-likeness (QED) is 0.161. The van der Waals surface area contributed by atoms with E-state index in [1.165, 1.54) is 18.7 Å². The topological polar surface area (TPSA) is 208 Å². The van der Waals surface area contributed by atoms with Gasteiger partial charge in [-0.25, -0.2) is 4.79 Å². The number of carboxylic acids is 2. The zero-order valence-electron chi connectivity index (χ0n) is 15.5. The average Bonchev–Trinajstić information content (AvgIpc) is 2.59. The fourth-order valence-corrected chi connectivity index (χ4v) is 2.43. The third kappa shape index (κ3) is 10.1. The fraction of sp³-hybridized carbons (Fsp3) is 0.667. The van der Waals surface area contributed by atoms with Gasteiger partial charge in [-0.15, -0.1) is 0 Å². The first kappa shape index (κ1) is 25.6. The molecular formula is C15H26N4O8S. The van der Waals surface area contributed by atoms with Crippen molar-refractivity contribution in [3.63, 3.8) is 0 Å². The average molecular weight is 422 g/mol. The highest BCUT2D eigenvalue weighted by atomic mass is 32.2. The van der Waals surface area contributed by atoms with E-state index in [4.69, 9.17) is 15.9 Å². The third-order valence-electron chi connectivity index (χ3n) is 3.46. The Bertz CT molecular complexity index is 586. The van der Waals surface area contributed by atoms with Gasteiger partial charge in [0.25, 0.3) is 0 Å². The van der Waals surface area contributed by atoms with Crippen molar-refractivity contribution in [2.75, 3.05) is 18.6 Å². The Kier molecular flexibility index (Phi) is 11.8. The molecule has 3 amide bonds. The lowest BCUT2D eigenvalue weighted by molar-refractivity contribution is -0.143. The second-order valence-corrected chi connectivity index (χ2v) is 6.87. The second kappa shape index (κ2) is 12.9. The zero-order chi connectivity index (χ0) is 21.9. The van der Waals surface area contributed by atoms with Gasteiger partial charge in [0.05, 0.1) is 25.1 Å². The minimum atomic E-state index is -1.45. The van der Waals surface area contributed by atoms with Crippen molar-refractivity contribution in [1.29, 1.82) is 0 Å². The Balaban J connectivity index is 4.76. The van der Waals surface area contributed by atoms with Crippen LogP contribution in [0, 0.1) is 0 Å². The molecule has 0 rings (SSSR count). The van der Waals surface area contributed by atoms with Crippen LogP contribution in [0.3, 0.4) is 0 Å². The van der Waals surface area contributed by atoms with Gasteiger partial charge in [0.2, 0.25) is 17.7 Å². The predicted molar refractivity (Wildman–Crippen MR) is 99.4 cm³/mol. The summed E-state index contributed by atoms with van der Waals surface area (Å²) < 4.78 is 0. The minimum Gasteiger partial charge on any atom is -0.481 e. The molecule has 0 saturated carbocycles. The molecule has 0 aliphatic rings. The van der Waals surface area contributed by atoms with Crippen LogP contribution >= 0.6 is 11.8 Å². The van der Waals surface area contributed by atoms with Gasteiger partial charge in [0.15, 0.2) is 0 Å². The Hall–Kier alpha value is -2.38. The fourth-order valence-electron chi connectivity index (χ4n) is 1.96. The molecule has 4 unspecified atom stereocenters. The smallest absolute Gasteiger partial charge is 0.326 e.